The van der Waals surface area contributed by atoms with Crippen LogP contribution in [0.15, 0.2) is 18.5 Å². The molecule has 0 bridgehead atoms. The lowest BCUT2D eigenvalue weighted by atomic mass is 10.0. The van der Waals surface area contributed by atoms with Crippen LogP contribution in [0.25, 0.3) is 0 Å². The maximum atomic E-state index is 11.6. The van der Waals surface area contributed by atoms with E-state index in [0.717, 1.165) is 0 Å². The van der Waals surface area contributed by atoms with Crippen molar-refractivity contribution in [1.29, 1.82) is 0 Å². The third-order valence-corrected chi connectivity index (χ3v) is 2.37. The maximum Gasteiger partial charge on any atom is 0.328 e. The molecule has 5 nitrogen and oxygen atoms in total. The molecule has 94 valence electrons. The van der Waals surface area contributed by atoms with Crippen molar-refractivity contribution in [3.8, 4) is 0 Å². The number of esters is 1. The van der Waals surface area contributed by atoms with Crippen LogP contribution in [0.3, 0.4) is 0 Å². The van der Waals surface area contributed by atoms with Gasteiger partial charge in [-0.15, -0.1) is 0 Å². The number of ether oxygens (including phenoxy) is 1. The van der Waals surface area contributed by atoms with Crippen LogP contribution in [0.4, 0.5) is 11.4 Å². The number of nitrogens with zero attached hydrogens (tertiary/aromatic N) is 1. The lowest BCUT2D eigenvalue weighted by Crippen LogP contribution is -2.32. The van der Waals surface area contributed by atoms with Crippen molar-refractivity contribution in [2.24, 2.45) is 5.92 Å². The van der Waals surface area contributed by atoms with Gasteiger partial charge in [0.15, 0.2) is 0 Å². The molecule has 1 atom stereocenters. The zero-order valence-electron chi connectivity index (χ0n) is 10.4. The van der Waals surface area contributed by atoms with Gasteiger partial charge in [-0.05, 0) is 18.4 Å². The fraction of sp³-hybridized carbons (Fsp3) is 0.500. The van der Waals surface area contributed by atoms with Crippen molar-refractivity contribution in [3.63, 3.8) is 0 Å². The summed E-state index contributed by atoms with van der Waals surface area (Å²) in [5, 5.41) is 3.09. The van der Waals surface area contributed by atoms with Gasteiger partial charge in [0, 0.05) is 6.20 Å². The predicted molar refractivity (Wildman–Crippen MR) is 67.5 cm³/mol. The van der Waals surface area contributed by atoms with Crippen molar-refractivity contribution >= 4 is 17.3 Å². The number of anilines is 2. The van der Waals surface area contributed by atoms with Gasteiger partial charge in [-0.25, -0.2) is 4.79 Å². The topological polar surface area (TPSA) is 77.2 Å². The van der Waals surface area contributed by atoms with Gasteiger partial charge in [-0.1, -0.05) is 13.8 Å². The zero-order chi connectivity index (χ0) is 12.8. The third-order valence-electron chi connectivity index (χ3n) is 2.37. The van der Waals surface area contributed by atoms with Crippen molar-refractivity contribution in [2.45, 2.75) is 26.3 Å². The van der Waals surface area contributed by atoms with E-state index in [4.69, 9.17) is 10.5 Å². The van der Waals surface area contributed by atoms with Crippen LogP contribution in [-0.2, 0) is 9.53 Å². The second-order valence-corrected chi connectivity index (χ2v) is 4.31. The highest BCUT2D eigenvalue weighted by Crippen LogP contribution is 2.19. The Bertz CT molecular complexity index is 380. The van der Waals surface area contributed by atoms with Gasteiger partial charge in [0.25, 0.3) is 0 Å². The summed E-state index contributed by atoms with van der Waals surface area (Å²) in [5.41, 5.74) is 6.99. The fourth-order valence-corrected chi connectivity index (χ4v) is 1.55. The molecule has 0 fully saturated rings. The highest BCUT2D eigenvalue weighted by molar-refractivity contribution is 5.81. The molecular weight excluding hydrogens is 218 g/mol. The molecule has 0 aliphatic rings. The first-order chi connectivity index (χ1) is 8.04. The van der Waals surface area contributed by atoms with Crippen molar-refractivity contribution in [3.05, 3.63) is 18.5 Å². The van der Waals surface area contributed by atoms with Crippen LogP contribution in [0, 0.1) is 5.92 Å². The predicted octanol–water partition coefficient (Wildman–Crippen LogP) is 1.66. The summed E-state index contributed by atoms with van der Waals surface area (Å²) >= 11 is 0. The fourth-order valence-electron chi connectivity index (χ4n) is 1.55. The Kier molecular flexibility index (Phi) is 4.75. The molecule has 0 saturated heterocycles. The molecule has 1 aromatic heterocycles. The first-order valence-corrected chi connectivity index (χ1v) is 5.58. The Hall–Kier alpha value is -1.78. The van der Waals surface area contributed by atoms with E-state index in [-0.39, 0.29) is 12.0 Å². The molecule has 1 aromatic rings. The molecule has 0 spiro atoms. The normalized spacial score (nSPS) is 12.2. The molecule has 0 aromatic carbocycles. The Labute approximate surface area is 101 Å². The SMILES string of the molecule is COC(=O)C(CC(C)C)Nc1ccncc1N. The monoisotopic (exact) mass is 237 g/mol. The maximum absolute atomic E-state index is 11.6. The first kappa shape index (κ1) is 13.3. The number of rotatable bonds is 5. The summed E-state index contributed by atoms with van der Waals surface area (Å²) < 4.78 is 4.77. The standard InChI is InChI=1S/C12H19N3O2/c1-8(2)6-11(12(16)17-3)15-10-4-5-14-7-9(10)13/h4-5,7-8,11H,6,13H2,1-3H3,(H,14,15). The number of carbonyl (C=O) groups is 1. The average Bonchev–Trinajstić information content (AvgIpc) is 2.29. The second-order valence-electron chi connectivity index (χ2n) is 4.31. The van der Waals surface area contributed by atoms with E-state index in [2.05, 4.69) is 10.3 Å². The highest BCUT2D eigenvalue weighted by Gasteiger charge is 2.20. The van der Waals surface area contributed by atoms with Gasteiger partial charge in [0.2, 0.25) is 0 Å². The molecule has 0 amide bonds. The highest BCUT2D eigenvalue weighted by atomic mass is 16.5. The Morgan fingerprint density at radius 1 is 1.59 bits per heavy atom. The van der Waals surface area contributed by atoms with Gasteiger partial charge in [0.05, 0.1) is 24.7 Å². The largest absolute Gasteiger partial charge is 0.467 e. The van der Waals surface area contributed by atoms with Crippen LogP contribution < -0.4 is 11.1 Å². The number of hydrogen-bond donors (Lipinski definition) is 2. The molecule has 17 heavy (non-hydrogen) atoms. The van der Waals surface area contributed by atoms with Crippen molar-refractivity contribution < 1.29 is 9.53 Å². The summed E-state index contributed by atoms with van der Waals surface area (Å²) in [6.45, 7) is 4.10. The van der Waals surface area contributed by atoms with Crippen LogP contribution in [0.1, 0.15) is 20.3 Å². The van der Waals surface area contributed by atoms with Crippen molar-refractivity contribution in [1.82, 2.24) is 4.98 Å². The van der Waals surface area contributed by atoms with Crippen LogP contribution in [0.2, 0.25) is 0 Å². The average molecular weight is 237 g/mol. The minimum Gasteiger partial charge on any atom is -0.467 e. The smallest absolute Gasteiger partial charge is 0.328 e. The summed E-state index contributed by atoms with van der Waals surface area (Å²) in [5.74, 6) is 0.101. The van der Waals surface area contributed by atoms with E-state index in [1.54, 1.807) is 18.5 Å². The number of methoxy groups -OCH3 is 1. The zero-order valence-corrected chi connectivity index (χ0v) is 10.4. The third kappa shape index (κ3) is 3.94. The quantitative estimate of drug-likeness (QED) is 0.762. The van der Waals surface area contributed by atoms with E-state index in [1.807, 2.05) is 13.8 Å². The lowest BCUT2D eigenvalue weighted by molar-refractivity contribution is -0.141. The molecule has 3 N–H and O–H groups in total. The first-order valence-electron chi connectivity index (χ1n) is 5.58. The summed E-state index contributed by atoms with van der Waals surface area (Å²) in [7, 11) is 1.38. The molecule has 0 saturated carbocycles. The molecular formula is C12H19N3O2. The lowest BCUT2D eigenvalue weighted by Gasteiger charge is -2.20. The number of pyridine rings is 1. The summed E-state index contributed by atoms with van der Waals surface area (Å²) in [4.78, 5) is 15.5. The number of carbonyl (C=O) groups excluding carboxylic acids is 1. The Morgan fingerprint density at radius 3 is 2.82 bits per heavy atom. The van der Waals surface area contributed by atoms with Crippen molar-refractivity contribution in [2.75, 3.05) is 18.2 Å². The molecule has 0 aliphatic carbocycles. The van der Waals surface area contributed by atoms with E-state index in [9.17, 15) is 4.79 Å². The number of nitrogens with one attached hydrogen (secondary N) is 1. The minimum absolute atomic E-state index is 0.282. The Balaban J connectivity index is 2.79. The number of hydrogen-bond acceptors (Lipinski definition) is 5. The second kappa shape index (κ2) is 6.08. The van der Waals surface area contributed by atoms with Gasteiger partial charge < -0.3 is 15.8 Å². The summed E-state index contributed by atoms with van der Waals surface area (Å²) in [6, 6.07) is 1.36. The van der Waals surface area contributed by atoms with Crippen LogP contribution in [-0.4, -0.2) is 24.1 Å². The molecule has 5 heteroatoms. The van der Waals surface area contributed by atoms with Gasteiger partial charge >= 0.3 is 5.97 Å². The molecule has 1 heterocycles. The molecule has 1 rings (SSSR count). The van der Waals surface area contributed by atoms with Crippen LogP contribution in [0.5, 0.6) is 0 Å². The van der Waals surface area contributed by atoms with E-state index in [0.29, 0.717) is 23.7 Å². The number of nitrogen functional groups attached to an aromatic ring is 1. The molecule has 0 radical (unpaired) electrons. The summed E-state index contributed by atoms with van der Waals surface area (Å²) in [6.07, 6.45) is 3.86. The van der Waals surface area contributed by atoms with Gasteiger partial charge in [-0.2, -0.15) is 0 Å². The number of nitrogens with two attached hydrogens (primary N) is 1. The number of aromatic nitrogens is 1. The molecule has 0 aliphatic heterocycles. The van der Waals surface area contributed by atoms with Gasteiger partial charge in [0.1, 0.15) is 6.04 Å². The molecule has 1 unspecified atom stereocenters. The van der Waals surface area contributed by atoms with Crippen LogP contribution >= 0.6 is 0 Å². The van der Waals surface area contributed by atoms with Gasteiger partial charge in [-0.3, -0.25) is 4.98 Å². The minimum atomic E-state index is -0.385. The van der Waals surface area contributed by atoms with E-state index < -0.39 is 0 Å². The van der Waals surface area contributed by atoms with E-state index >= 15 is 0 Å². The Morgan fingerprint density at radius 2 is 2.29 bits per heavy atom. The van der Waals surface area contributed by atoms with E-state index in [1.165, 1.54) is 7.11 Å².